The van der Waals surface area contributed by atoms with Crippen LogP contribution in [0, 0.1) is 11.6 Å². The van der Waals surface area contributed by atoms with Crippen LogP contribution in [-0.2, 0) is 0 Å². The van der Waals surface area contributed by atoms with Crippen LogP contribution in [0.2, 0.25) is 0 Å². The molecule has 0 saturated carbocycles. The van der Waals surface area contributed by atoms with Crippen molar-refractivity contribution in [2.24, 2.45) is 5.10 Å². The third kappa shape index (κ3) is 2.88. The fourth-order valence-corrected chi connectivity index (χ4v) is 1.37. The number of hydrogen-bond donors (Lipinski definition) is 1. The summed E-state index contributed by atoms with van der Waals surface area (Å²) in [5.41, 5.74) is 4.17. The highest BCUT2D eigenvalue weighted by Crippen LogP contribution is 2.15. The molecule has 18 heavy (non-hydrogen) atoms. The van der Waals surface area contributed by atoms with E-state index >= 15 is 0 Å². The fourth-order valence-electron chi connectivity index (χ4n) is 1.37. The van der Waals surface area contributed by atoms with E-state index in [1.807, 2.05) is 6.07 Å². The lowest BCUT2D eigenvalue weighted by molar-refractivity contribution is 0.585. The van der Waals surface area contributed by atoms with Gasteiger partial charge in [-0.25, -0.2) is 8.78 Å². The summed E-state index contributed by atoms with van der Waals surface area (Å²) >= 11 is 0. The number of rotatable bonds is 3. The van der Waals surface area contributed by atoms with Gasteiger partial charge in [0.25, 0.3) is 0 Å². The van der Waals surface area contributed by atoms with Gasteiger partial charge >= 0.3 is 0 Å². The first kappa shape index (κ1) is 12.2. The number of benzene rings is 1. The van der Waals surface area contributed by atoms with Crippen LogP contribution in [0.3, 0.4) is 0 Å². The zero-order valence-electron chi connectivity index (χ0n) is 9.69. The van der Waals surface area contributed by atoms with Gasteiger partial charge in [0.1, 0.15) is 5.82 Å². The predicted octanol–water partition coefficient (Wildman–Crippen LogP) is 3.20. The van der Waals surface area contributed by atoms with Gasteiger partial charge < -0.3 is 0 Å². The molecule has 0 bridgehead atoms. The van der Waals surface area contributed by atoms with Crippen molar-refractivity contribution in [3.05, 3.63) is 59.9 Å². The van der Waals surface area contributed by atoms with Crippen molar-refractivity contribution in [1.82, 2.24) is 4.98 Å². The Kier molecular flexibility index (Phi) is 3.62. The van der Waals surface area contributed by atoms with Crippen molar-refractivity contribution in [2.75, 3.05) is 5.43 Å². The number of hydrogen-bond acceptors (Lipinski definition) is 3. The Bertz CT molecular complexity index is 568. The number of halogens is 2. The first-order chi connectivity index (χ1) is 8.66. The van der Waals surface area contributed by atoms with E-state index in [4.69, 9.17) is 0 Å². The largest absolute Gasteiger partial charge is 0.275 e. The molecule has 0 saturated heterocycles. The van der Waals surface area contributed by atoms with E-state index < -0.39 is 11.6 Å². The maximum atomic E-state index is 13.3. The lowest BCUT2D eigenvalue weighted by Crippen LogP contribution is -2.01. The SMILES string of the molecule is CC(=NNc1ccc(F)cc1F)c1cccnc1. The van der Waals surface area contributed by atoms with Crippen molar-refractivity contribution < 1.29 is 8.78 Å². The van der Waals surface area contributed by atoms with Crippen LogP contribution < -0.4 is 5.43 Å². The molecule has 92 valence electrons. The summed E-state index contributed by atoms with van der Waals surface area (Å²) in [4.78, 5) is 3.96. The summed E-state index contributed by atoms with van der Waals surface area (Å²) < 4.78 is 26.0. The first-order valence-corrected chi connectivity index (χ1v) is 5.32. The summed E-state index contributed by atoms with van der Waals surface area (Å²) in [5.74, 6) is -1.30. The molecule has 0 unspecified atom stereocenters. The van der Waals surface area contributed by atoms with E-state index in [9.17, 15) is 8.78 Å². The molecule has 0 amide bonds. The van der Waals surface area contributed by atoms with Crippen molar-refractivity contribution in [2.45, 2.75) is 6.92 Å². The van der Waals surface area contributed by atoms with E-state index in [1.165, 1.54) is 12.1 Å². The number of nitrogens with one attached hydrogen (secondary N) is 1. The third-order valence-corrected chi connectivity index (χ3v) is 2.35. The van der Waals surface area contributed by atoms with Crippen molar-refractivity contribution in [3.63, 3.8) is 0 Å². The minimum atomic E-state index is -0.683. The molecular weight excluding hydrogens is 236 g/mol. The zero-order valence-corrected chi connectivity index (χ0v) is 9.69. The normalized spacial score (nSPS) is 11.4. The van der Waals surface area contributed by atoms with Crippen molar-refractivity contribution >= 4 is 11.4 Å². The minimum Gasteiger partial charge on any atom is -0.275 e. The Morgan fingerprint density at radius 3 is 2.78 bits per heavy atom. The van der Waals surface area contributed by atoms with E-state index in [2.05, 4.69) is 15.5 Å². The molecule has 0 fully saturated rings. The van der Waals surface area contributed by atoms with Crippen LogP contribution in [0.15, 0.2) is 47.8 Å². The zero-order chi connectivity index (χ0) is 13.0. The van der Waals surface area contributed by atoms with Gasteiger partial charge in [-0.1, -0.05) is 6.07 Å². The molecule has 2 rings (SSSR count). The Balaban J connectivity index is 2.15. The maximum absolute atomic E-state index is 13.3. The first-order valence-electron chi connectivity index (χ1n) is 5.32. The topological polar surface area (TPSA) is 37.3 Å². The molecule has 1 aromatic heterocycles. The quantitative estimate of drug-likeness (QED) is 0.668. The highest BCUT2D eigenvalue weighted by atomic mass is 19.1. The number of anilines is 1. The predicted molar refractivity (Wildman–Crippen MR) is 66.4 cm³/mol. The molecule has 0 spiro atoms. The molecule has 0 aliphatic heterocycles. The second-order valence-electron chi connectivity index (χ2n) is 3.67. The van der Waals surface area contributed by atoms with Crippen molar-refractivity contribution in [1.29, 1.82) is 0 Å². The standard InChI is InChI=1S/C13H11F2N3/c1-9(10-3-2-6-16-8-10)17-18-13-5-4-11(14)7-12(13)15/h2-8,18H,1H3. The van der Waals surface area contributed by atoms with Gasteiger partial charge in [-0.15, -0.1) is 0 Å². The molecule has 5 heteroatoms. The summed E-state index contributed by atoms with van der Waals surface area (Å²) in [6, 6.07) is 6.89. The van der Waals surface area contributed by atoms with E-state index in [0.29, 0.717) is 5.71 Å². The van der Waals surface area contributed by atoms with E-state index in [1.54, 1.807) is 25.4 Å². The van der Waals surface area contributed by atoms with Crippen LogP contribution in [0.25, 0.3) is 0 Å². The molecule has 0 aliphatic carbocycles. The van der Waals surface area contributed by atoms with Crippen molar-refractivity contribution in [3.8, 4) is 0 Å². The average molecular weight is 247 g/mol. The van der Waals surface area contributed by atoms with E-state index in [-0.39, 0.29) is 5.69 Å². The fraction of sp³-hybridized carbons (Fsp3) is 0.0769. The van der Waals surface area contributed by atoms with E-state index in [0.717, 1.165) is 11.6 Å². The number of hydrazone groups is 1. The van der Waals surface area contributed by atoms with Crippen LogP contribution in [-0.4, -0.2) is 10.7 Å². The number of aromatic nitrogens is 1. The maximum Gasteiger partial charge on any atom is 0.151 e. The molecule has 0 atom stereocenters. The molecule has 1 aromatic carbocycles. The Morgan fingerprint density at radius 1 is 1.28 bits per heavy atom. The van der Waals surface area contributed by atoms with Gasteiger partial charge in [-0.05, 0) is 25.1 Å². The van der Waals surface area contributed by atoms with Gasteiger partial charge in [0.15, 0.2) is 5.82 Å². The molecular formula is C13H11F2N3. The lowest BCUT2D eigenvalue weighted by atomic mass is 10.2. The monoisotopic (exact) mass is 247 g/mol. The lowest BCUT2D eigenvalue weighted by Gasteiger charge is -2.04. The molecule has 1 N–H and O–H groups in total. The second-order valence-corrected chi connectivity index (χ2v) is 3.67. The van der Waals surface area contributed by atoms with Gasteiger partial charge in [0.2, 0.25) is 0 Å². The molecule has 0 radical (unpaired) electrons. The summed E-state index contributed by atoms with van der Waals surface area (Å²) in [6.07, 6.45) is 3.31. The summed E-state index contributed by atoms with van der Waals surface area (Å²) in [6.45, 7) is 1.77. The molecule has 1 heterocycles. The second kappa shape index (κ2) is 5.35. The smallest absolute Gasteiger partial charge is 0.151 e. The van der Waals surface area contributed by atoms with Crippen LogP contribution in [0.4, 0.5) is 14.5 Å². The third-order valence-electron chi connectivity index (χ3n) is 2.35. The van der Waals surface area contributed by atoms with Crippen LogP contribution in [0.5, 0.6) is 0 Å². The van der Waals surface area contributed by atoms with Crippen LogP contribution >= 0.6 is 0 Å². The van der Waals surface area contributed by atoms with Crippen LogP contribution in [0.1, 0.15) is 12.5 Å². The van der Waals surface area contributed by atoms with Gasteiger partial charge in [0.05, 0.1) is 11.4 Å². The van der Waals surface area contributed by atoms with Gasteiger partial charge in [-0.2, -0.15) is 5.10 Å². The minimum absolute atomic E-state index is 0.125. The average Bonchev–Trinajstić information content (AvgIpc) is 2.38. The molecule has 0 aliphatic rings. The highest BCUT2D eigenvalue weighted by Gasteiger charge is 2.03. The molecule has 3 nitrogen and oxygen atoms in total. The Morgan fingerprint density at radius 2 is 2.11 bits per heavy atom. The summed E-state index contributed by atoms with van der Waals surface area (Å²) in [5, 5.41) is 4.02. The number of nitrogens with zero attached hydrogens (tertiary/aromatic N) is 2. The molecule has 2 aromatic rings. The number of pyridine rings is 1. The highest BCUT2D eigenvalue weighted by molar-refractivity contribution is 5.98. The van der Waals surface area contributed by atoms with Gasteiger partial charge in [-0.3, -0.25) is 10.4 Å². The Hall–Kier alpha value is -2.30. The Labute approximate surface area is 103 Å². The summed E-state index contributed by atoms with van der Waals surface area (Å²) in [7, 11) is 0. The van der Waals surface area contributed by atoms with Gasteiger partial charge in [0, 0.05) is 24.0 Å².